The molecule has 2 aromatic rings. The Morgan fingerprint density at radius 2 is 2.20 bits per heavy atom. The zero-order valence-corrected chi connectivity index (χ0v) is 15.8. The van der Waals surface area contributed by atoms with Crippen molar-refractivity contribution in [2.24, 2.45) is 0 Å². The maximum absolute atomic E-state index is 13.1. The Labute approximate surface area is 152 Å². The van der Waals surface area contributed by atoms with E-state index >= 15 is 0 Å². The van der Waals surface area contributed by atoms with Crippen molar-refractivity contribution >= 4 is 21.6 Å². The minimum Gasteiger partial charge on any atom is -0.495 e. The minimum atomic E-state index is -3.67. The van der Waals surface area contributed by atoms with Crippen LogP contribution in [0, 0.1) is 0 Å². The van der Waals surface area contributed by atoms with Gasteiger partial charge in [0.25, 0.3) is 0 Å². The van der Waals surface area contributed by atoms with Gasteiger partial charge in [-0.25, -0.2) is 8.42 Å². The van der Waals surface area contributed by atoms with Gasteiger partial charge >= 0.3 is 0 Å². The van der Waals surface area contributed by atoms with Crippen LogP contribution in [0.4, 0.5) is 0 Å². The number of aromatic nitrogens is 1. The van der Waals surface area contributed by atoms with E-state index in [1.54, 1.807) is 6.07 Å². The Morgan fingerprint density at radius 1 is 1.40 bits per heavy atom. The van der Waals surface area contributed by atoms with E-state index in [0.29, 0.717) is 18.0 Å². The molecule has 1 aromatic carbocycles. The first kappa shape index (κ1) is 18.2. The van der Waals surface area contributed by atoms with Crippen molar-refractivity contribution in [3.63, 3.8) is 0 Å². The summed E-state index contributed by atoms with van der Waals surface area (Å²) < 4.78 is 38.0. The molecular formula is C17H21ClN2O4S. The van der Waals surface area contributed by atoms with Gasteiger partial charge in [0.1, 0.15) is 17.2 Å². The van der Waals surface area contributed by atoms with Crippen LogP contribution in [-0.2, 0) is 16.4 Å². The first-order valence-corrected chi connectivity index (χ1v) is 10.1. The van der Waals surface area contributed by atoms with E-state index in [2.05, 4.69) is 12.1 Å². The first-order chi connectivity index (χ1) is 12.0. The van der Waals surface area contributed by atoms with E-state index in [4.69, 9.17) is 20.9 Å². The van der Waals surface area contributed by atoms with Crippen LogP contribution in [0.2, 0.25) is 5.02 Å². The van der Waals surface area contributed by atoms with Gasteiger partial charge in [-0.2, -0.15) is 4.31 Å². The summed E-state index contributed by atoms with van der Waals surface area (Å²) in [5.41, 5.74) is 0.670. The van der Waals surface area contributed by atoms with Gasteiger partial charge in [-0.05, 0) is 37.5 Å². The van der Waals surface area contributed by atoms with Crippen LogP contribution in [0.5, 0.6) is 5.75 Å². The smallest absolute Gasteiger partial charge is 0.243 e. The van der Waals surface area contributed by atoms with Crippen LogP contribution in [0.25, 0.3) is 0 Å². The summed E-state index contributed by atoms with van der Waals surface area (Å²) in [7, 11) is -2.18. The number of rotatable bonds is 6. The summed E-state index contributed by atoms with van der Waals surface area (Å²) >= 11 is 6.10. The molecule has 136 valence electrons. The van der Waals surface area contributed by atoms with E-state index in [9.17, 15) is 8.42 Å². The molecule has 0 radical (unpaired) electrons. The van der Waals surface area contributed by atoms with Crippen molar-refractivity contribution in [3.8, 4) is 5.75 Å². The zero-order valence-electron chi connectivity index (χ0n) is 14.2. The van der Waals surface area contributed by atoms with Crippen LogP contribution in [-0.4, -0.2) is 31.5 Å². The molecule has 0 spiro atoms. The summed E-state index contributed by atoms with van der Waals surface area (Å²) in [5.74, 6) is 1.23. The second-order valence-corrected chi connectivity index (χ2v) is 8.34. The van der Waals surface area contributed by atoms with Gasteiger partial charge in [-0.3, -0.25) is 0 Å². The lowest BCUT2D eigenvalue weighted by Crippen LogP contribution is -2.30. The molecule has 1 aliphatic heterocycles. The van der Waals surface area contributed by atoms with Gasteiger partial charge in [0, 0.05) is 19.0 Å². The number of ether oxygens (including phenoxy) is 1. The summed E-state index contributed by atoms with van der Waals surface area (Å²) in [5, 5.41) is 4.36. The van der Waals surface area contributed by atoms with Gasteiger partial charge < -0.3 is 9.26 Å². The minimum absolute atomic E-state index is 0.155. The highest BCUT2D eigenvalue weighted by Crippen LogP contribution is 2.37. The third-order valence-electron chi connectivity index (χ3n) is 4.35. The van der Waals surface area contributed by atoms with Gasteiger partial charge in [-0.15, -0.1) is 0 Å². The van der Waals surface area contributed by atoms with Crippen molar-refractivity contribution in [3.05, 3.63) is 40.7 Å². The SMILES string of the molecule is CCCc1cc([C@@H]2CCCN2S(=O)(=O)c2ccc(OC)c(Cl)c2)no1. The van der Waals surface area contributed by atoms with Gasteiger partial charge in [0.15, 0.2) is 0 Å². The number of nitrogens with zero attached hydrogens (tertiary/aromatic N) is 2. The summed E-state index contributed by atoms with van der Waals surface area (Å²) in [4.78, 5) is 0.155. The average molecular weight is 385 g/mol. The number of benzene rings is 1. The second-order valence-electron chi connectivity index (χ2n) is 6.04. The van der Waals surface area contributed by atoms with Crippen molar-refractivity contribution in [2.45, 2.75) is 43.5 Å². The third kappa shape index (κ3) is 3.54. The van der Waals surface area contributed by atoms with Crippen LogP contribution >= 0.6 is 11.6 Å². The number of methoxy groups -OCH3 is 1. The average Bonchev–Trinajstić information content (AvgIpc) is 3.24. The molecule has 6 nitrogen and oxygen atoms in total. The second kappa shape index (κ2) is 7.35. The van der Waals surface area contributed by atoms with Crippen molar-refractivity contribution in [1.82, 2.24) is 9.46 Å². The standard InChI is InChI=1S/C17H21ClN2O4S/c1-3-5-12-10-15(19-24-12)16-6-4-9-20(16)25(21,22)13-7-8-17(23-2)14(18)11-13/h7-8,10-11,16H,3-6,9H2,1-2H3/t16-/m0/s1. The number of halogens is 1. The van der Waals surface area contributed by atoms with E-state index in [1.807, 2.05) is 6.07 Å². The molecule has 2 heterocycles. The van der Waals surface area contributed by atoms with E-state index in [-0.39, 0.29) is 16.0 Å². The molecule has 1 fully saturated rings. The largest absolute Gasteiger partial charge is 0.495 e. The van der Waals surface area contributed by atoms with Crippen molar-refractivity contribution in [2.75, 3.05) is 13.7 Å². The maximum atomic E-state index is 13.1. The lowest BCUT2D eigenvalue weighted by atomic mass is 10.1. The molecule has 3 rings (SSSR count). The van der Waals surface area contributed by atoms with Crippen LogP contribution in [0.1, 0.15) is 43.7 Å². The molecule has 1 saturated heterocycles. The molecule has 8 heteroatoms. The fourth-order valence-corrected chi connectivity index (χ4v) is 5.13. The zero-order chi connectivity index (χ0) is 18.0. The lowest BCUT2D eigenvalue weighted by molar-refractivity contribution is 0.343. The van der Waals surface area contributed by atoms with Crippen molar-refractivity contribution < 1.29 is 17.7 Å². The molecule has 0 amide bonds. The predicted octanol–water partition coefficient (Wildman–Crippen LogP) is 3.81. The Bertz CT molecular complexity index is 850. The predicted molar refractivity (Wildman–Crippen MR) is 94.4 cm³/mol. The number of hydrogen-bond acceptors (Lipinski definition) is 5. The fraction of sp³-hybridized carbons (Fsp3) is 0.471. The summed E-state index contributed by atoms with van der Waals surface area (Å²) in [6, 6.07) is 6.07. The Morgan fingerprint density at radius 3 is 2.88 bits per heavy atom. The van der Waals surface area contributed by atoms with Crippen LogP contribution in [0.15, 0.2) is 33.7 Å². The lowest BCUT2D eigenvalue weighted by Gasteiger charge is -2.22. The number of aryl methyl sites for hydroxylation is 1. The number of hydrogen-bond donors (Lipinski definition) is 0. The highest BCUT2D eigenvalue weighted by atomic mass is 35.5. The van der Waals surface area contributed by atoms with E-state index < -0.39 is 10.0 Å². The molecule has 0 unspecified atom stereocenters. The van der Waals surface area contributed by atoms with Crippen LogP contribution < -0.4 is 4.74 Å². The maximum Gasteiger partial charge on any atom is 0.243 e. The monoisotopic (exact) mass is 384 g/mol. The molecule has 0 bridgehead atoms. The molecule has 1 aromatic heterocycles. The van der Waals surface area contributed by atoms with E-state index in [1.165, 1.54) is 23.5 Å². The Hall–Kier alpha value is -1.57. The molecule has 0 aliphatic carbocycles. The quantitative estimate of drug-likeness (QED) is 0.757. The normalized spacial score (nSPS) is 18.6. The molecular weight excluding hydrogens is 364 g/mol. The number of sulfonamides is 1. The molecule has 1 aliphatic rings. The molecule has 0 N–H and O–H groups in total. The van der Waals surface area contributed by atoms with Crippen molar-refractivity contribution in [1.29, 1.82) is 0 Å². The van der Waals surface area contributed by atoms with Crippen LogP contribution in [0.3, 0.4) is 0 Å². The fourth-order valence-electron chi connectivity index (χ4n) is 3.12. The Kier molecular flexibility index (Phi) is 5.36. The Balaban J connectivity index is 1.91. The highest BCUT2D eigenvalue weighted by molar-refractivity contribution is 7.89. The highest BCUT2D eigenvalue weighted by Gasteiger charge is 2.38. The topological polar surface area (TPSA) is 72.6 Å². The molecule has 25 heavy (non-hydrogen) atoms. The van der Waals surface area contributed by atoms with E-state index in [0.717, 1.165) is 31.4 Å². The van der Waals surface area contributed by atoms with Gasteiger partial charge in [-0.1, -0.05) is 23.7 Å². The molecule has 0 saturated carbocycles. The van der Waals surface area contributed by atoms with Gasteiger partial charge in [0.05, 0.1) is 23.1 Å². The summed E-state index contributed by atoms with van der Waals surface area (Å²) in [6.07, 6.45) is 3.25. The summed E-state index contributed by atoms with van der Waals surface area (Å²) in [6.45, 7) is 2.51. The van der Waals surface area contributed by atoms with Gasteiger partial charge in [0.2, 0.25) is 10.0 Å². The molecule has 1 atom stereocenters. The first-order valence-electron chi connectivity index (χ1n) is 8.28. The third-order valence-corrected chi connectivity index (χ3v) is 6.55.